The predicted molar refractivity (Wildman–Crippen MR) is 131 cm³/mol. The van der Waals surface area contributed by atoms with Gasteiger partial charge in [0.15, 0.2) is 10.8 Å². The molecule has 0 fully saturated rings. The molecule has 1 unspecified atom stereocenters. The first-order chi connectivity index (χ1) is 17.4. The third kappa shape index (κ3) is 4.54. The van der Waals surface area contributed by atoms with Gasteiger partial charge in [0.2, 0.25) is 5.88 Å². The Morgan fingerprint density at radius 2 is 1.89 bits per heavy atom. The number of ether oxygens (including phenoxy) is 3. The fourth-order valence-electron chi connectivity index (χ4n) is 3.84. The summed E-state index contributed by atoms with van der Waals surface area (Å²) in [6, 6.07) is 17.5. The summed E-state index contributed by atoms with van der Waals surface area (Å²) in [6.07, 6.45) is 1.32. The van der Waals surface area contributed by atoms with E-state index in [1.807, 2.05) is 12.1 Å². The number of allylic oxidation sites excluding steroid dienone is 2. The molecule has 0 amide bonds. The van der Waals surface area contributed by atoms with Gasteiger partial charge in [-0.15, -0.1) is 0 Å². The summed E-state index contributed by atoms with van der Waals surface area (Å²) < 4.78 is 17.9. The van der Waals surface area contributed by atoms with Crippen molar-refractivity contribution in [1.82, 2.24) is 9.78 Å². The maximum atomic E-state index is 12.9. The minimum Gasteiger partial charge on any atom is -0.463 e. The lowest BCUT2D eigenvalue weighted by Gasteiger charge is -2.28. The second-order valence-electron chi connectivity index (χ2n) is 7.63. The van der Waals surface area contributed by atoms with Crippen LogP contribution in [0.5, 0.6) is 11.5 Å². The summed E-state index contributed by atoms with van der Waals surface area (Å²) in [5.41, 5.74) is 6.51. The second kappa shape index (κ2) is 10.4. The first-order valence-corrected chi connectivity index (χ1v) is 11.3. The molecule has 2 heterocycles. The van der Waals surface area contributed by atoms with Crippen molar-refractivity contribution in [3.63, 3.8) is 0 Å². The first-order valence-electron chi connectivity index (χ1n) is 10.9. The molecule has 0 aliphatic carbocycles. The van der Waals surface area contributed by atoms with Gasteiger partial charge in [0.05, 0.1) is 30.0 Å². The molecule has 4 rings (SSSR count). The molecular weight excluding hydrogens is 484 g/mol. The van der Waals surface area contributed by atoms with Gasteiger partial charge >= 0.3 is 5.97 Å². The van der Waals surface area contributed by atoms with Crippen molar-refractivity contribution >= 4 is 17.6 Å². The SMILES string of the molecule is CCOC(=O)C1=C(C)OC(N)=C(C#N)C1c1ccccc1Oc1cnn(-c2ccccc2)c(=O)c1Cl. The first kappa shape index (κ1) is 24.6. The van der Waals surface area contributed by atoms with Gasteiger partial charge in [-0.25, -0.2) is 4.79 Å². The Hall–Kier alpha value is -4.55. The molecular formula is C26H21ClN4O5. The number of aromatic nitrogens is 2. The number of nitrogens with zero attached hydrogens (tertiary/aromatic N) is 3. The van der Waals surface area contributed by atoms with Crippen molar-refractivity contribution in [2.75, 3.05) is 6.61 Å². The van der Waals surface area contributed by atoms with Crippen LogP contribution in [0.15, 0.2) is 88.4 Å². The average Bonchev–Trinajstić information content (AvgIpc) is 2.87. The molecule has 0 bridgehead atoms. The molecule has 2 aromatic carbocycles. The molecule has 1 atom stereocenters. The third-order valence-electron chi connectivity index (χ3n) is 5.44. The smallest absolute Gasteiger partial charge is 0.338 e. The Morgan fingerprint density at radius 1 is 1.19 bits per heavy atom. The molecule has 0 saturated heterocycles. The molecule has 0 spiro atoms. The highest BCUT2D eigenvalue weighted by atomic mass is 35.5. The maximum absolute atomic E-state index is 12.9. The van der Waals surface area contributed by atoms with Crippen LogP contribution in [0.2, 0.25) is 5.02 Å². The van der Waals surface area contributed by atoms with E-state index in [-0.39, 0.29) is 45.9 Å². The lowest BCUT2D eigenvalue weighted by molar-refractivity contribution is -0.139. The second-order valence-corrected chi connectivity index (χ2v) is 8.01. The van der Waals surface area contributed by atoms with Crippen LogP contribution in [-0.4, -0.2) is 22.4 Å². The monoisotopic (exact) mass is 504 g/mol. The van der Waals surface area contributed by atoms with Gasteiger partial charge in [-0.1, -0.05) is 48.0 Å². The molecule has 0 radical (unpaired) electrons. The molecule has 36 heavy (non-hydrogen) atoms. The van der Waals surface area contributed by atoms with E-state index in [4.69, 9.17) is 31.5 Å². The van der Waals surface area contributed by atoms with Gasteiger partial charge < -0.3 is 19.9 Å². The number of para-hydroxylation sites is 2. The van der Waals surface area contributed by atoms with Gasteiger partial charge in [-0.2, -0.15) is 15.0 Å². The zero-order valence-electron chi connectivity index (χ0n) is 19.4. The largest absolute Gasteiger partial charge is 0.463 e. The van der Waals surface area contributed by atoms with E-state index in [1.165, 1.54) is 6.20 Å². The number of halogens is 1. The van der Waals surface area contributed by atoms with Crippen LogP contribution in [0.25, 0.3) is 5.69 Å². The van der Waals surface area contributed by atoms with Crippen molar-refractivity contribution in [3.8, 4) is 23.3 Å². The van der Waals surface area contributed by atoms with Crippen molar-refractivity contribution in [2.24, 2.45) is 5.73 Å². The average molecular weight is 505 g/mol. The normalized spacial score (nSPS) is 15.2. The van der Waals surface area contributed by atoms with Crippen molar-refractivity contribution < 1.29 is 19.0 Å². The van der Waals surface area contributed by atoms with Gasteiger partial charge in [0.25, 0.3) is 5.56 Å². The number of nitrogens with two attached hydrogens (primary N) is 1. The van der Waals surface area contributed by atoms with Crippen molar-refractivity contribution in [1.29, 1.82) is 5.26 Å². The summed E-state index contributed by atoms with van der Waals surface area (Å²) >= 11 is 6.38. The van der Waals surface area contributed by atoms with Crippen LogP contribution in [0.4, 0.5) is 0 Å². The molecule has 10 heteroatoms. The summed E-state index contributed by atoms with van der Waals surface area (Å²) in [5.74, 6) is -1.28. The molecule has 1 aliphatic heterocycles. The minimum absolute atomic E-state index is 0.00204. The van der Waals surface area contributed by atoms with E-state index in [1.54, 1.807) is 62.4 Å². The maximum Gasteiger partial charge on any atom is 0.338 e. The number of benzene rings is 2. The quantitative estimate of drug-likeness (QED) is 0.491. The van der Waals surface area contributed by atoms with Gasteiger partial charge in [0.1, 0.15) is 23.2 Å². The Kier molecular flexibility index (Phi) is 7.08. The fourth-order valence-corrected chi connectivity index (χ4v) is 4.01. The number of esters is 1. The Bertz CT molecular complexity index is 1490. The number of carbonyl (C=O) groups excluding carboxylic acids is 1. The zero-order chi connectivity index (χ0) is 25.8. The highest BCUT2D eigenvalue weighted by molar-refractivity contribution is 6.31. The minimum atomic E-state index is -0.935. The lowest BCUT2D eigenvalue weighted by atomic mass is 9.82. The van der Waals surface area contributed by atoms with E-state index < -0.39 is 17.4 Å². The third-order valence-corrected chi connectivity index (χ3v) is 5.79. The number of carbonyl (C=O) groups is 1. The van der Waals surface area contributed by atoms with Crippen LogP contribution in [0.3, 0.4) is 0 Å². The van der Waals surface area contributed by atoms with E-state index in [2.05, 4.69) is 5.10 Å². The van der Waals surface area contributed by atoms with Crippen LogP contribution < -0.4 is 16.0 Å². The number of nitriles is 1. The lowest BCUT2D eigenvalue weighted by Crippen LogP contribution is -2.26. The molecule has 9 nitrogen and oxygen atoms in total. The zero-order valence-corrected chi connectivity index (χ0v) is 20.2. The van der Waals surface area contributed by atoms with Gasteiger partial charge in [-0.05, 0) is 32.0 Å². The van der Waals surface area contributed by atoms with Crippen LogP contribution >= 0.6 is 11.6 Å². The summed E-state index contributed by atoms with van der Waals surface area (Å²) in [4.78, 5) is 25.8. The topological polar surface area (TPSA) is 129 Å². The van der Waals surface area contributed by atoms with E-state index in [0.29, 0.717) is 11.3 Å². The van der Waals surface area contributed by atoms with Gasteiger partial charge in [0, 0.05) is 5.56 Å². The Balaban J connectivity index is 1.80. The predicted octanol–water partition coefficient (Wildman–Crippen LogP) is 4.32. The number of rotatable bonds is 6. The van der Waals surface area contributed by atoms with Gasteiger partial charge in [-0.3, -0.25) is 4.79 Å². The number of hydrogen-bond donors (Lipinski definition) is 1. The summed E-state index contributed by atoms with van der Waals surface area (Å²) in [7, 11) is 0. The molecule has 1 aliphatic rings. The number of hydrogen-bond acceptors (Lipinski definition) is 8. The molecule has 1 aromatic heterocycles. The Morgan fingerprint density at radius 3 is 2.58 bits per heavy atom. The van der Waals surface area contributed by atoms with E-state index in [9.17, 15) is 14.9 Å². The van der Waals surface area contributed by atoms with Crippen LogP contribution in [0.1, 0.15) is 25.3 Å². The highest BCUT2D eigenvalue weighted by Gasteiger charge is 2.38. The Labute approximate surface area is 211 Å². The van der Waals surface area contributed by atoms with Crippen LogP contribution in [0, 0.1) is 11.3 Å². The van der Waals surface area contributed by atoms with E-state index >= 15 is 0 Å². The standard InChI is InChI=1S/C26H21ClN4O5/c1-3-34-26(33)21-15(2)35-24(29)18(13-28)22(21)17-11-7-8-12-19(17)36-20-14-30-31(25(32)23(20)27)16-9-5-4-6-10-16/h4-12,14,22H,3,29H2,1-2H3. The summed E-state index contributed by atoms with van der Waals surface area (Å²) in [5, 5.41) is 13.8. The molecule has 2 N–H and O–H groups in total. The molecule has 3 aromatic rings. The summed E-state index contributed by atoms with van der Waals surface area (Å²) in [6.45, 7) is 3.36. The highest BCUT2D eigenvalue weighted by Crippen LogP contribution is 2.44. The fraction of sp³-hybridized carbons (Fsp3) is 0.154. The van der Waals surface area contributed by atoms with Crippen molar-refractivity contribution in [3.05, 3.63) is 105 Å². The van der Waals surface area contributed by atoms with Crippen molar-refractivity contribution in [2.45, 2.75) is 19.8 Å². The van der Waals surface area contributed by atoms with Crippen LogP contribution in [-0.2, 0) is 14.3 Å². The van der Waals surface area contributed by atoms with E-state index in [0.717, 1.165) is 4.68 Å². The molecule has 182 valence electrons. The molecule has 0 saturated carbocycles.